The van der Waals surface area contributed by atoms with Crippen LogP contribution in [0.25, 0.3) is 0 Å². The summed E-state index contributed by atoms with van der Waals surface area (Å²) in [5.41, 5.74) is 10.9. The van der Waals surface area contributed by atoms with Crippen LogP contribution in [0.2, 0.25) is 10.0 Å². The van der Waals surface area contributed by atoms with Gasteiger partial charge in [-0.1, -0.05) is 55.8 Å². The van der Waals surface area contributed by atoms with E-state index in [2.05, 4.69) is 6.92 Å². The van der Waals surface area contributed by atoms with E-state index >= 15 is 0 Å². The molecule has 4 N–H and O–H groups in total. The van der Waals surface area contributed by atoms with Crippen molar-refractivity contribution in [1.82, 2.24) is 0 Å². The maximum atomic E-state index is 12.3. The van der Waals surface area contributed by atoms with Gasteiger partial charge in [-0.05, 0) is 31.0 Å². The third-order valence-electron chi connectivity index (χ3n) is 3.24. The molecule has 1 rings (SSSR count). The van der Waals surface area contributed by atoms with Gasteiger partial charge in [-0.25, -0.2) is 0 Å². The quantitative estimate of drug-likeness (QED) is 0.430. The summed E-state index contributed by atoms with van der Waals surface area (Å²) in [4.78, 5) is 12.3. The van der Waals surface area contributed by atoms with Crippen LogP contribution in [-0.4, -0.2) is 11.4 Å². The van der Waals surface area contributed by atoms with Crippen LogP contribution in [0.5, 0.6) is 0 Å². The second kappa shape index (κ2) is 7.99. The Morgan fingerprint density at radius 3 is 2.15 bits per heavy atom. The number of carbonyl (C=O) groups excluding carboxylic acids is 1. The Bertz CT molecular complexity index is 441. The summed E-state index contributed by atoms with van der Waals surface area (Å²) in [5.74, 6) is -0.322. The van der Waals surface area contributed by atoms with Crippen molar-refractivity contribution in [2.75, 3.05) is 0 Å². The number of carbonyl (C=O) groups is 1. The van der Waals surface area contributed by atoms with Gasteiger partial charge in [0.15, 0.2) is 5.78 Å². The Kier molecular flexibility index (Phi) is 6.96. The topological polar surface area (TPSA) is 69.1 Å². The lowest BCUT2D eigenvalue weighted by atomic mass is 9.93. The molecule has 0 aromatic heterocycles. The molecule has 0 aliphatic rings. The van der Waals surface area contributed by atoms with Crippen molar-refractivity contribution in [2.45, 2.75) is 51.1 Å². The van der Waals surface area contributed by atoms with Gasteiger partial charge in [0.05, 0.1) is 0 Å². The molecule has 0 fully saturated rings. The third-order valence-corrected chi connectivity index (χ3v) is 3.68. The maximum Gasteiger partial charge on any atom is 0.197 e. The molecule has 0 bridgehead atoms. The molecule has 0 aliphatic carbocycles. The molecule has 0 aliphatic heterocycles. The molecule has 0 saturated heterocycles. The number of hydrogen-bond acceptors (Lipinski definition) is 3. The van der Waals surface area contributed by atoms with Crippen molar-refractivity contribution < 1.29 is 4.79 Å². The zero-order valence-electron chi connectivity index (χ0n) is 11.8. The fourth-order valence-corrected chi connectivity index (χ4v) is 2.61. The van der Waals surface area contributed by atoms with Gasteiger partial charge in [0.1, 0.15) is 5.66 Å². The number of unbranched alkanes of at least 4 members (excludes halogenated alkanes) is 4. The molecule has 0 spiro atoms. The van der Waals surface area contributed by atoms with E-state index in [0.717, 1.165) is 19.3 Å². The van der Waals surface area contributed by atoms with Crippen LogP contribution < -0.4 is 11.5 Å². The SMILES string of the molecule is CCCCCCCC(N)(N)C(=O)c1cc(Cl)cc(Cl)c1. The summed E-state index contributed by atoms with van der Waals surface area (Å²) in [7, 11) is 0. The molecule has 20 heavy (non-hydrogen) atoms. The van der Waals surface area contributed by atoms with Gasteiger partial charge in [0, 0.05) is 15.6 Å². The molecule has 5 heteroatoms. The van der Waals surface area contributed by atoms with Crippen LogP contribution in [0, 0.1) is 0 Å². The van der Waals surface area contributed by atoms with Gasteiger partial charge in [0.25, 0.3) is 0 Å². The molecule has 112 valence electrons. The predicted octanol–water partition coefficient (Wildman–Crippen LogP) is 4.15. The first kappa shape index (κ1) is 17.4. The highest BCUT2D eigenvalue weighted by Crippen LogP contribution is 2.22. The smallest absolute Gasteiger partial charge is 0.197 e. The minimum Gasteiger partial charge on any atom is -0.307 e. The highest BCUT2D eigenvalue weighted by Gasteiger charge is 2.29. The Labute approximate surface area is 130 Å². The molecular formula is C15H22Cl2N2O. The van der Waals surface area contributed by atoms with E-state index in [1.807, 2.05) is 0 Å². The Morgan fingerprint density at radius 2 is 1.60 bits per heavy atom. The van der Waals surface area contributed by atoms with Crippen LogP contribution in [0.4, 0.5) is 0 Å². The zero-order chi connectivity index (χ0) is 15.2. The molecule has 0 radical (unpaired) electrons. The fraction of sp³-hybridized carbons (Fsp3) is 0.533. The van der Waals surface area contributed by atoms with Gasteiger partial charge < -0.3 is 11.5 Å². The fourth-order valence-electron chi connectivity index (χ4n) is 2.09. The molecule has 3 nitrogen and oxygen atoms in total. The lowest BCUT2D eigenvalue weighted by Gasteiger charge is -2.23. The number of rotatable bonds is 8. The lowest BCUT2D eigenvalue weighted by molar-refractivity contribution is 0.0881. The van der Waals surface area contributed by atoms with E-state index in [4.69, 9.17) is 34.7 Å². The van der Waals surface area contributed by atoms with E-state index in [1.54, 1.807) is 18.2 Å². The number of hydrogen-bond donors (Lipinski definition) is 2. The van der Waals surface area contributed by atoms with Gasteiger partial charge >= 0.3 is 0 Å². The van der Waals surface area contributed by atoms with Crippen LogP contribution in [-0.2, 0) is 0 Å². The zero-order valence-corrected chi connectivity index (χ0v) is 13.3. The van der Waals surface area contributed by atoms with Crippen molar-refractivity contribution in [1.29, 1.82) is 0 Å². The normalized spacial score (nSPS) is 11.7. The summed E-state index contributed by atoms with van der Waals surface area (Å²) in [6.07, 6.45) is 5.85. The second-order valence-corrected chi connectivity index (χ2v) is 6.06. The van der Waals surface area contributed by atoms with E-state index in [-0.39, 0.29) is 5.78 Å². The minimum atomic E-state index is -1.36. The first-order valence-electron chi connectivity index (χ1n) is 6.95. The van der Waals surface area contributed by atoms with Gasteiger partial charge in [-0.2, -0.15) is 0 Å². The van der Waals surface area contributed by atoms with Crippen LogP contribution >= 0.6 is 23.2 Å². The Hall–Kier alpha value is -0.610. The molecule has 0 atom stereocenters. The number of benzene rings is 1. The first-order valence-corrected chi connectivity index (χ1v) is 7.71. The molecule has 1 aromatic carbocycles. The van der Waals surface area contributed by atoms with E-state index in [0.29, 0.717) is 22.0 Å². The second-order valence-electron chi connectivity index (χ2n) is 5.19. The number of nitrogens with two attached hydrogens (primary N) is 2. The molecule has 0 unspecified atom stereocenters. The van der Waals surface area contributed by atoms with Crippen LogP contribution in [0.3, 0.4) is 0 Å². The van der Waals surface area contributed by atoms with Crippen molar-refractivity contribution >= 4 is 29.0 Å². The standard InChI is InChI=1S/C15H22Cl2N2O/c1-2-3-4-5-6-7-15(18,19)14(20)11-8-12(16)10-13(17)9-11/h8-10H,2-7,18-19H2,1H3. The summed E-state index contributed by atoms with van der Waals surface area (Å²) >= 11 is 11.8. The molecule has 0 amide bonds. The van der Waals surface area contributed by atoms with Crippen molar-refractivity contribution in [3.05, 3.63) is 33.8 Å². The highest BCUT2D eigenvalue weighted by molar-refractivity contribution is 6.35. The number of ketones is 1. The van der Waals surface area contributed by atoms with Gasteiger partial charge in [-0.15, -0.1) is 0 Å². The van der Waals surface area contributed by atoms with Crippen LogP contribution in [0.1, 0.15) is 55.8 Å². The van der Waals surface area contributed by atoms with Crippen molar-refractivity contribution in [3.63, 3.8) is 0 Å². The summed E-state index contributed by atoms with van der Waals surface area (Å²) in [6.45, 7) is 2.16. The van der Waals surface area contributed by atoms with Gasteiger partial charge in [-0.3, -0.25) is 4.79 Å². The average molecular weight is 317 g/mol. The number of halogens is 2. The summed E-state index contributed by atoms with van der Waals surface area (Å²) in [5, 5.41) is 0.805. The molecule has 0 saturated carbocycles. The van der Waals surface area contributed by atoms with Crippen molar-refractivity contribution in [2.24, 2.45) is 11.5 Å². The lowest BCUT2D eigenvalue weighted by Crippen LogP contribution is -2.56. The molecule has 0 heterocycles. The first-order chi connectivity index (χ1) is 9.36. The monoisotopic (exact) mass is 316 g/mol. The number of Topliss-reactive ketones (excluding diaryl/α,β-unsaturated/α-hetero) is 1. The minimum absolute atomic E-state index is 0.322. The Morgan fingerprint density at radius 1 is 1.05 bits per heavy atom. The largest absolute Gasteiger partial charge is 0.307 e. The van der Waals surface area contributed by atoms with Crippen LogP contribution in [0.15, 0.2) is 18.2 Å². The molecule has 1 aromatic rings. The van der Waals surface area contributed by atoms with Crippen molar-refractivity contribution in [3.8, 4) is 0 Å². The molecular weight excluding hydrogens is 295 g/mol. The maximum absolute atomic E-state index is 12.3. The Balaban J connectivity index is 2.63. The average Bonchev–Trinajstić information content (AvgIpc) is 2.36. The highest BCUT2D eigenvalue weighted by atomic mass is 35.5. The third kappa shape index (κ3) is 5.41. The van der Waals surface area contributed by atoms with E-state index in [9.17, 15) is 4.79 Å². The summed E-state index contributed by atoms with van der Waals surface area (Å²) in [6, 6.07) is 4.65. The van der Waals surface area contributed by atoms with E-state index in [1.165, 1.54) is 12.8 Å². The predicted molar refractivity (Wildman–Crippen MR) is 85.3 cm³/mol. The summed E-state index contributed by atoms with van der Waals surface area (Å²) < 4.78 is 0. The van der Waals surface area contributed by atoms with E-state index < -0.39 is 5.66 Å². The van der Waals surface area contributed by atoms with Gasteiger partial charge in [0.2, 0.25) is 0 Å².